The zero-order valence-corrected chi connectivity index (χ0v) is 17.2. The number of hydrogen-bond donors (Lipinski definition) is 0. The Morgan fingerprint density at radius 3 is 2.66 bits per heavy atom. The quantitative estimate of drug-likeness (QED) is 0.352. The van der Waals surface area contributed by atoms with E-state index in [0.29, 0.717) is 0 Å². The summed E-state index contributed by atoms with van der Waals surface area (Å²) in [7, 11) is 0. The smallest absolute Gasteiger partial charge is 0.124 e. The number of para-hydroxylation sites is 3. The van der Waals surface area contributed by atoms with E-state index in [9.17, 15) is 0 Å². The van der Waals surface area contributed by atoms with E-state index < -0.39 is 0 Å². The highest BCUT2D eigenvalue weighted by atomic mass is 16.5. The van der Waals surface area contributed by atoms with Crippen LogP contribution in [-0.4, -0.2) is 34.1 Å². The number of nitrogens with zero attached hydrogens (tertiary/aromatic N) is 3. The number of aromatic nitrogens is 2. The molecule has 2 heterocycles. The summed E-state index contributed by atoms with van der Waals surface area (Å²) in [5, 5.41) is 0. The van der Waals surface area contributed by atoms with Crippen LogP contribution >= 0.6 is 0 Å². The van der Waals surface area contributed by atoms with Gasteiger partial charge in [0.2, 0.25) is 0 Å². The highest BCUT2D eigenvalue weighted by Gasteiger charge is 2.17. The second kappa shape index (κ2) is 9.75. The molecule has 0 bridgehead atoms. The first-order valence-corrected chi connectivity index (χ1v) is 10.8. The Morgan fingerprint density at radius 2 is 1.79 bits per heavy atom. The fourth-order valence-corrected chi connectivity index (χ4v) is 4.16. The molecular formula is C25H31N3O. The molecule has 3 aromatic rings. The summed E-state index contributed by atoms with van der Waals surface area (Å²) in [5.74, 6) is 2.18. The van der Waals surface area contributed by atoms with E-state index in [1.807, 2.05) is 12.1 Å². The molecule has 152 valence electrons. The minimum atomic E-state index is 0.738. The maximum Gasteiger partial charge on any atom is 0.124 e. The summed E-state index contributed by atoms with van der Waals surface area (Å²) in [6.45, 7) is 8.91. The monoisotopic (exact) mass is 389 g/mol. The number of ether oxygens (including phenoxy) is 1. The number of aryl methyl sites for hydroxylation is 1. The van der Waals surface area contributed by atoms with Gasteiger partial charge >= 0.3 is 0 Å². The van der Waals surface area contributed by atoms with Crippen LogP contribution in [0.1, 0.15) is 37.1 Å². The van der Waals surface area contributed by atoms with Crippen LogP contribution < -0.4 is 4.74 Å². The van der Waals surface area contributed by atoms with Crippen LogP contribution in [0.5, 0.6) is 5.75 Å². The van der Waals surface area contributed by atoms with Gasteiger partial charge in [0.05, 0.1) is 24.2 Å². The Kier molecular flexibility index (Phi) is 6.63. The number of likely N-dealkylation sites (tertiary alicyclic amines) is 1. The van der Waals surface area contributed by atoms with Gasteiger partial charge in [-0.2, -0.15) is 0 Å². The number of rotatable bonds is 10. The molecule has 2 aromatic carbocycles. The van der Waals surface area contributed by atoms with Gasteiger partial charge in [-0.25, -0.2) is 4.98 Å². The van der Waals surface area contributed by atoms with Crippen molar-refractivity contribution in [3.05, 3.63) is 72.6 Å². The molecule has 4 rings (SSSR count). The van der Waals surface area contributed by atoms with Gasteiger partial charge in [-0.3, -0.25) is 4.90 Å². The molecule has 0 unspecified atom stereocenters. The number of unbranched alkanes of at least 4 members (excludes halogenated alkanes) is 1. The zero-order chi connectivity index (χ0) is 19.9. The average molecular weight is 390 g/mol. The van der Waals surface area contributed by atoms with Crippen LogP contribution in [0.3, 0.4) is 0 Å². The van der Waals surface area contributed by atoms with Gasteiger partial charge in [-0.1, -0.05) is 36.4 Å². The van der Waals surface area contributed by atoms with E-state index in [4.69, 9.17) is 9.72 Å². The molecule has 0 spiro atoms. The summed E-state index contributed by atoms with van der Waals surface area (Å²) < 4.78 is 8.47. The number of allylic oxidation sites excluding steroid dienone is 1. The molecule has 1 fully saturated rings. The molecule has 1 saturated heterocycles. The van der Waals surface area contributed by atoms with Gasteiger partial charge in [0.15, 0.2) is 0 Å². The molecule has 0 aliphatic carbocycles. The van der Waals surface area contributed by atoms with Crippen molar-refractivity contribution in [2.45, 2.75) is 45.2 Å². The second-order valence-electron chi connectivity index (χ2n) is 7.81. The topological polar surface area (TPSA) is 30.3 Å². The number of fused-ring (bicyclic) bond motifs is 1. The molecule has 4 nitrogen and oxygen atoms in total. The first kappa shape index (κ1) is 19.7. The van der Waals surface area contributed by atoms with Crippen LogP contribution in [0, 0.1) is 0 Å². The van der Waals surface area contributed by atoms with Crippen LogP contribution in [0.2, 0.25) is 0 Å². The minimum Gasteiger partial charge on any atom is -0.493 e. The van der Waals surface area contributed by atoms with Gasteiger partial charge < -0.3 is 9.30 Å². The zero-order valence-electron chi connectivity index (χ0n) is 17.2. The summed E-state index contributed by atoms with van der Waals surface area (Å²) in [6.07, 6.45) is 7.50. The first-order chi connectivity index (χ1) is 14.3. The lowest BCUT2D eigenvalue weighted by molar-refractivity contribution is 0.297. The van der Waals surface area contributed by atoms with Gasteiger partial charge in [0.1, 0.15) is 11.6 Å². The molecular weight excluding hydrogens is 358 g/mol. The van der Waals surface area contributed by atoms with Crippen molar-refractivity contribution in [2.75, 3.05) is 19.7 Å². The molecule has 0 N–H and O–H groups in total. The van der Waals surface area contributed by atoms with Crippen molar-refractivity contribution < 1.29 is 4.74 Å². The maximum absolute atomic E-state index is 6.05. The number of hydrogen-bond acceptors (Lipinski definition) is 3. The third-order valence-corrected chi connectivity index (χ3v) is 5.67. The summed E-state index contributed by atoms with van der Waals surface area (Å²) in [6, 6.07) is 16.8. The first-order valence-electron chi connectivity index (χ1n) is 10.8. The number of benzene rings is 2. The van der Waals surface area contributed by atoms with Gasteiger partial charge in [0.25, 0.3) is 0 Å². The highest BCUT2D eigenvalue weighted by Crippen LogP contribution is 2.21. The molecule has 1 aliphatic rings. The number of imidazole rings is 1. The lowest BCUT2D eigenvalue weighted by atomic mass is 10.1. The third-order valence-electron chi connectivity index (χ3n) is 5.67. The lowest BCUT2D eigenvalue weighted by Gasteiger charge is -2.16. The van der Waals surface area contributed by atoms with Crippen molar-refractivity contribution in [2.24, 2.45) is 0 Å². The summed E-state index contributed by atoms with van der Waals surface area (Å²) >= 11 is 0. The van der Waals surface area contributed by atoms with E-state index in [-0.39, 0.29) is 0 Å². The minimum absolute atomic E-state index is 0.738. The van der Waals surface area contributed by atoms with E-state index in [1.165, 1.54) is 42.8 Å². The normalized spacial score (nSPS) is 14.5. The summed E-state index contributed by atoms with van der Waals surface area (Å²) in [4.78, 5) is 7.46. The summed E-state index contributed by atoms with van der Waals surface area (Å²) in [5.41, 5.74) is 3.56. The Labute approximate surface area is 173 Å². The molecule has 1 aromatic heterocycles. The van der Waals surface area contributed by atoms with E-state index >= 15 is 0 Å². The average Bonchev–Trinajstić information content (AvgIpc) is 3.37. The van der Waals surface area contributed by atoms with Gasteiger partial charge in [-0.05, 0) is 69.0 Å². The van der Waals surface area contributed by atoms with Crippen LogP contribution in [0.4, 0.5) is 0 Å². The van der Waals surface area contributed by atoms with Crippen molar-refractivity contribution in [3.63, 3.8) is 0 Å². The Morgan fingerprint density at radius 1 is 1.00 bits per heavy atom. The van der Waals surface area contributed by atoms with Crippen LogP contribution in [0.15, 0.2) is 61.2 Å². The van der Waals surface area contributed by atoms with Gasteiger partial charge in [0, 0.05) is 6.54 Å². The van der Waals surface area contributed by atoms with Gasteiger partial charge in [-0.15, -0.1) is 6.58 Å². The molecule has 29 heavy (non-hydrogen) atoms. The largest absolute Gasteiger partial charge is 0.493 e. The molecule has 0 saturated carbocycles. The van der Waals surface area contributed by atoms with Crippen molar-refractivity contribution in [1.29, 1.82) is 0 Å². The fraction of sp³-hybridized carbons (Fsp3) is 0.400. The maximum atomic E-state index is 6.05. The lowest BCUT2D eigenvalue weighted by Crippen LogP contribution is -2.21. The van der Waals surface area contributed by atoms with Crippen LogP contribution in [-0.2, 0) is 19.5 Å². The molecule has 0 amide bonds. The Hall–Kier alpha value is -2.59. The predicted octanol–water partition coefficient (Wildman–Crippen LogP) is 5.22. The highest BCUT2D eigenvalue weighted by molar-refractivity contribution is 5.75. The molecule has 4 heteroatoms. The third kappa shape index (κ3) is 4.88. The molecule has 1 aliphatic heterocycles. The second-order valence-corrected chi connectivity index (χ2v) is 7.81. The van der Waals surface area contributed by atoms with E-state index in [0.717, 1.165) is 50.2 Å². The van der Waals surface area contributed by atoms with Crippen LogP contribution in [0.25, 0.3) is 11.0 Å². The Balaban J connectivity index is 1.36. The van der Waals surface area contributed by atoms with E-state index in [1.54, 1.807) is 0 Å². The SMILES string of the molecule is C=CCc1ccccc1OCCCCn1c(CN2CCCC2)nc2ccccc21. The Bertz CT molecular complexity index is 940. The molecule has 0 radical (unpaired) electrons. The molecule has 0 atom stereocenters. The van der Waals surface area contributed by atoms with E-state index in [2.05, 4.69) is 58.5 Å². The fourth-order valence-electron chi connectivity index (χ4n) is 4.16. The van der Waals surface area contributed by atoms with Crippen molar-refractivity contribution in [3.8, 4) is 5.75 Å². The van der Waals surface area contributed by atoms with Crippen molar-refractivity contribution in [1.82, 2.24) is 14.5 Å². The standard InChI is InChI=1S/C25H31N3O/c1-2-11-21-12-3-6-15-24(21)29-19-10-9-18-28-23-14-5-4-13-22(23)26-25(28)20-27-16-7-8-17-27/h2-6,12-15H,1,7-11,16-20H2. The predicted molar refractivity (Wildman–Crippen MR) is 119 cm³/mol. The van der Waals surface area contributed by atoms with Crippen molar-refractivity contribution >= 4 is 11.0 Å².